The van der Waals surface area contributed by atoms with Gasteiger partial charge in [0.25, 0.3) is 5.91 Å². The van der Waals surface area contributed by atoms with Gasteiger partial charge in [0.2, 0.25) is 11.8 Å². The van der Waals surface area contributed by atoms with Crippen molar-refractivity contribution in [3.05, 3.63) is 16.0 Å². The molecule has 4 fully saturated rings. The minimum atomic E-state index is -0.350. The lowest BCUT2D eigenvalue weighted by Gasteiger charge is -2.18. The summed E-state index contributed by atoms with van der Waals surface area (Å²) in [4.78, 5) is 41.7. The molecule has 3 amide bonds. The first-order valence-electron chi connectivity index (χ1n) is 9.62. The normalized spacial score (nSPS) is 34.5. The first kappa shape index (κ1) is 15.3. The molecule has 0 aromatic carbocycles. The van der Waals surface area contributed by atoms with Crippen molar-refractivity contribution in [3.8, 4) is 0 Å². The molecule has 1 N–H and O–H groups in total. The second kappa shape index (κ2) is 5.16. The molecule has 7 heteroatoms. The van der Waals surface area contributed by atoms with Crippen LogP contribution in [-0.2, 0) is 27.2 Å². The first-order valence-corrected chi connectivity index (χ1v) is 10.4. The largest absolute Gasteiger partial charge is 0.373 e. The van der Waals surface area contributed by atoms with Crippen molar-refractivity contribution in [2.75, 3.05) is 4.90 Å². The molecule has 1 saturated carbocycles. The summed E-state index contributed by atoms with van der Waals surface area (Å²) in [5, 5.41) is 3.62. The van der Waals surface area contributed by atoms with Gasteiger partial charge in [-0.05, 0) is 50.5 Å². The van der Waals surface area contributed by atoms with Crippen LogP contribution in [0.3, 0.4) is 0 Å². The molecular weight excluding hydrogens is 352 g/mol. The third-order valence-electron chi connectivity index (χ3n) is 6.53. The number of aryl methyl sites for hydroxylation is 1. The number of ether oxygens (including phenoxy) is 1. The predicted octanol–water partition coefficient (Wildman–Crippen LogP) is 1.80. The molecule has 4 heterocycles. The van der Waals surface area contributed by atoms with E-state index in [2.05, 4.69) is 5.32 Å². The Kier molecular flexibility index (Phi) is 3.05. The molecule has 4 atom stereocenters. The number of anilines is 1. The summed E-state index contributed by atoms with van der Waals surface area (Å²) < 4.78 is 5.82. The SMILES string of the molecule is O=C(NC1CC1)c1c(N2C(=O)[C@@H]3[C@H](C2=O)[C@@H]2CC[C@@H]3O2)sc2c1CCC2. The fourth-order valence-electron chi connectivity index (χ4n) is 5.18. The maximum absolute atomic E-state index is 13.1. The summed E-state index contributed by atoms with van der Waals surface area (Å²) in [5.41, 5.74) is 1.64. The van der Waals surface area contributed by atoms with E-state index in [1.165, 1.54) is 16.2 Å². The summed E-state index contributed by atoms with van der Waals surface area (Å²) in [6.45, 7) is 0. The van der Waals surface area contributed by atoms with Gasteiger partial charge in [0.15, 0.2) is 0 Å². The van der Waals surface area contributed by atoms with Crippen LogP contribution in [0.4, 0.5) is 5.00 Å². The van der Waals surface area contributed by atoms with E-state index < -0.39 is 0 Å². The highest BCUT2D eigenvalue weighted by atomic mass is 32.1. The number of amides is 3. The summed E-state index contributed by atoms with van der Waals surface area (Å²) in [6, 6.07) is 0.251. The average molecular weight is 372 g/mol. The summed E-state index contributed by atoms with van der Waals surface area (Å²) >= 11 is 1.47. The minimum absolute atomic E-state index is 0.112. The van der Waals surface area contributed by atoms with Gasteiger partial charge >= 0.3 is 0 Å². The van der Waals surface area contributed by atoms with Crippen molar-refractivity contribution in [3.63, 3.8) is 0 Å². The smallest absolute Gasteiger partial charge is 0.254 e. The number of hydrogen-bond donors (Lipinski definition) is 1. The van der Waals surface area contributed by atoms with Crippen molar-refractivity contribution >= 4 is 34.1 Å². The Hall–Kier alpha value is -1.73. The molecule has 5 aliphatic rings. The Morgan fingerprint density at radius 1 is 1.04 bits per heavy atom. The zero-order valence-corrected chi connectivity index (χ0v) is 15.1. The Morgan fingerprint density at radius 2 is 1.73 bits per heavy atom. The number of nitrogens with zero attached hydrogens (tertiary/aromatic N) is 1. The van der Waals surface area contributed by atoms with Crippen LogP contribution in [0.15, 0.2) is 0 Å². The van der Waals surface area contributed by atoms with Crippen molar-refractivity contribution in [1.29, 1.82) is 0 Å². The van der Waals surface area contributed by atoms with Gasteiger partial charge in [-0.3, -0.25) is 14.4 Å². The lowest BCUT2D eigenvalue weighted by atomic mass is 9.81. The summed E-state index contributed by atoms with van der Waals surface area (Å²) in [5.74, 6) is -1.13. The highest BCUT2D eigenvalue weighted by Gasteiger charge is 2.63. The summed E-state index contributed by atoms with van der Waals surface area (Å²) in [6.07, 6.45) is 6.32. The van der Waals surface area contributed by atoms with Crippen LogP contribution in [0, 0.1) is 11.8 Å². The maximum Gasteiger partial charge on any atom is 0.254 e. The zero-order chi connectivity index (χ0) is 17.6. The number of carbonyl (C=O) groups is 3. The van der Waals surface area contributed by atoms with Gasteiger partial charge in [-0.25, -0.2) is 4.90 Å². The van der Waals surface area contributed by atoms with Crippen molar-refractivity contribution in [2.24, 2.45) is 11.8 Å². The predicted molar refractivity (Wildman–Crippen MR) is 94.2 cm³/mol. The van der Waals surface area contributed by atoms with E-state index in [1.54, 1.807) is 0 Å². The van der Waals surface area contributed by atoms with E-state index in [0.29, 0.717) is 10.6 Å². The Bertz CT molecular complexity index is 830. The van der Waals surface area contributed by atoms with Crippen LogP contribution in [-0.4, -0.2) is 36.0 Å². The highest BCUT2D eigenvalue weighted by molar-refractivity contribution is 7.17. The molecule has 1 aromatic heterocycles. The Morgan fingerprint density at radius 3 is 2.38 bits per heavy atom. The van der Waals surface area contributed by atoms with Gasteiger partial charge in [0, 0.05) is 10.9 Å². The molecule has 2 aliphatic carbocycles. The minimum Gasteiger partial charge on any atom is -0.373 e. The second-order valence-electron chi connectivity index (χ2n) is 8.14. The van der Waals surface area contributed by atoms with Crippen LogP contribution in [0.25, 0.3) is 0 Å². The van der Waals surface area contributed by atoms with Crippen LogP contribution < -0.4 is 10.2 Å². The topological polar surface area (TPSA) is 75.7 Å². The van der Waals surface area contributed by atoms with E-state index >= 15 is 0 Å². The quantitative estimate of drug-likeness (QED) is 0.821. The van der Waals surface area contributed by atoms with Gasteiger partial charge in [-0.1, -0.05) is 0 Å². The number of thiophene rings is 1. The Balaban J connectivity index is 1.43. The molecule has 1 aromatic rings. The molecule has 0 spiro atoms. The van der Waals surface area contributed by atoms with Gasteiger partial charge in [0.1, 0.15) is 5.00 Å². The van der Waals surface area contributed by atoms with E-state index in [9.17, 15) is 14.4 Å². The van der Waals surface area contributed by atoms with Crippen LogP contribution in [0.5, 0.6) is 0 Å². The number of fused-ring (bicyclic) bond motifs is 6. The molecule has 0 unspecified atom stereocenters. The van der Waals surface area contributed by atoms with E-state index in [4.69, 9.17) is 4.74 Å². The van der Waals surface area contributed by atoms with Crippen molar-refractivity contribution in [1.82, 2.24) is 5.32 Å². The van der Waals surface area contributed by atoms with Gasteiger partial charge in [0.05, 0.1) is 29.6 Å². The number of imide groups is 1. The van der Waals surface area contributed by atoms with Crippen molar-refractivity contribution < 1.29 is 19.1 Å². The standard InChI is InChI=1S/C19H20N2O4S/c22-16(20-8-4-5-8)13-9-2-1-3-12(9)26-19(13)21-17(23)14-10-6-7-11(25-10)15(14)18(21)24/h8,10-11,14-15H,1-7H2,(H,20,22)/t10-,11-,14-,15+/m0/s1. The lowest BCUT2D eigenvalue weighted by molar-refractivity contribution is -0.124. The third-order valence-corrected chi connectivity index (χ3v) is 7.81. The molecular formula is C19H20N2O4S. The third kappa shape index (κ3) is 1.93. The molecule has 3 saturated heterocycles. The highest BCUT2D eigenvalue weighted by Crippen LogP contribution is 2.52. The molecule has 3 aliphatic heterocycles. The monoisotopic (exact) mass is 372 g/mol. The number of hydrogen-bond acceptors (Lipinski definition) is 5. The second-order valence-corrected chi connectivity index (χ2v) is 9.22. The number of nitrogens with one attached hydrogen (secondary N) is 1. The molecule has 6 rings (SSSR count). The average Bonchev–Trinajstić information content (AvgIpc) is 3.04. The fourth-order valence-corrected chi connectivity index (χ4v) is 6.58. The molecule has 2 bridgehead atoms. The van der Waals surface area contributed by atoms with E-state index in [0.717, 1.165) is 55.4 Å². The van der Waals surface area contributed by atoms with Gasteiger partial charge < -0.3 is 10.1 Å². The first-order chi connectivity index (χ1) is 12.6. The molecule has 26 heavy (non-hydrogen) atoms. The zero-order valence-electron chi connectivity index (χ0n) is 14.3. The molecule has 136 valence electrons. The maximum atomic E-state index is 13.1. The number of rotatable bonds is 3. The van der Waals surface area contributed by atoms with Crippen LogP contribution in [0.2, 0.25) is 0 Å². The lowest BCUT2D eigenvalue weighted by Crippen LogP contribution is -2.36. The fraction of sp³-hybridized carbons (Fsp3) is 0.632. The van der Waals surface area contributed by atoms with E-state index in [1.807, 2.05) is 0 Å². The van der Waals surface area contributed by atoms with E-state index in [-0.39, 0.29) is 47.8 Å². The van der Waals surface area contributed by atoms with Gasteiger partial charge in [-0.2, -0.15) is 0 Å². The van der Waals surface area contributed by atoms with Crippen molar-refractivity contribution in [2.45, 2.75) is 63.2 Å². The number of carbonyl (C=O) groups excluding carboxylic acids is 3. The molecule has 0 radical (unpaired) electrons. The summed E-state index contributed by atoms with van der Waals surface area (Å²) in [7, 11) is 0. The van der Waals surface area contributed by atoms with Gasteiger partial charge in [-0.15, -0.1) is 11.3 Å². The molecule has 6 nitrogen and oxygen atoms in total. The van der Waals surface area contributed by atoms with Crippen LogP contribution in [0.1, 0.15) is 52.9 Å². The van der Waals surface area contributed by atoms with Crippen LogP contribution >= 0.6 is 11.3 Å². The Labute approximate surface area is 154 Å².